The van der Waals surface area contributed by atoms with Crippen molar-refractivity contribution in [2.75, 3.05) is 37.6 Å². The van der Waals surface area contributed by atoms with Crippen molar-refractivity contribution in [2.45, 2.75) is 37.6 Å². The number of anilines is 1. The molecule has 2 aromatic rings. The molecule has 8 heteroatoms. The topological polar surface area (TPSA) is 97.4 Å². The first-order valence-electron chi connectivity index (χ1n) is 11.0. The second-order valence-corrected chi connectivity index (χ2v) is 8.62. The van der Waals surface area contributed by atoms with Crippen LogP contribution in [0.25, 0.3) is 0 Å². The van der Waals surface area contributed by atoms with E-state index in [9.17, 15) is 5.11 Å². The average molecular weight is 410 g/mol. The van der Waals surface area contributed by atoms with Crippen LogP contribution >= 0.6 is 0 Å². The molecule has 3 aliphatic rings. The molecule has 3 fully saturated rings. The lowest BCUT2D eigenvalue weighted by atomic mass is 9.81. The number of rotatable bonds is 4. The van der Waals surface area contributed by atoms with Crippen molar-refractivity contribution in [3.8, 4) is 0 Å². The monoisotopic (exact) mass is 409 g/mol. The average Bonchev–Trinajstić information content (AvgIpc) is 3.23. The minimum absolute atomic E-state index is 0.176. The molecule has 8 nitrogen and oxygen atoms in total. The fraction of sp³-hybridized carbons (Fsp3) is 0.545. The van der Waals surface area contributed by atoms with Crippen LogP contribution in [-0.4, -0.2) is 53.8 Å². The van der Waals surface area contributed by atoms with E-state index in [0.29, 0.717) is 12.0 Å². The molecule has 0 radical (unpaired) electrons. The second-order valence-electron chi connectivity index (χ2n) is 8.62. The van der Waals surface area contributed by atoms with Gasteiger partial charge >= 0.3 is 0 Å². The number of hydrazine groups is 1. The maximum atomic E-state index is 9.92. The van der Waals surface area contributed by atoms with Gasteiger partial charge in [-0.2, -0.15) is 0 Å². The number of piperazine rings is 1. The number of pyridine rings is 2. The molecule has 5 N–H and O–H groups in total. The molecular formula is C22H31N7O. The Hall–Kier alpha value is -2.10. The first-order chi connectivity index (χ1) is 14.7. The van der Waals surface area contributed by atoms with Crippen LogP contribution in [0.3, 0.4) is 0 Å². The summed E-state index contributed by atoms with van der Waals surface area (Å²) in [5, 5.41) is 17.0. The molecule has 0 amide bonds. The van der Waals surface area contributed by atoms with Gasteiger partial charge in [0.05, 0.1) is 17.8 Å². The number of piperidine rings is 1. The van der Waals surface area contributed by atoms with Crippen molar-refractivity contribution >= 4 is 5.82 Å². The van der Waals surface area contributed by atoms with E-state index >= 15 is 0 Å². The van der Waals surface area contributed by atoms with E-state index in [2.05, 4.69) is 55.6 Å². The van der Waals surface area contributed by atoms with Gasteiger partial charge in [0.15, 0.2) is 0 Å². The van der Waals surface area contributed by atoms with Gasteiger partial charge in [-0.25, -0.2) is 10.4 Å². The van der Waals surface area contributed by atoms with Crippen molar-refractivity contribution in [1.29, 1.82) is 0 Å². The number of aromatic nitrogens is 2. The summed E-state index contributed by atoms with van der Waals surface area (Å²) in [4.78, 5) is 11.7. The number of hydrogen-bond acceptors (Lipinski definition) is 8. The smallest absolute Gasteiger partial charge is 0.128 e. The normalized spacial score (nSPS) is 30.1. The molecule has 30 heavy (non-hydrogen) atoms. The molecule has 3 saturated heterocycles. The van der Waals surface area contributed by atoms with Crippen LogP contribution in [0, 0.1) is 5.92 Å². The highest BCUT2D eigenvalue weighted by Gasteiger charge is 2.42. The van der Waals surface area contributed by atoms with Gasteiger partial charge in [0.1, 0.15) is 5.82 Å². The summed E-state index contributed by atoms with van der Waals surface area (Å²) >= 11 is 0. The Morgan fingerprint density at radius 2 is 2.03 bits per heavy atom. The molecule has 5 unspecified atom stereocenters. The Labute approximate surface area is 177 Å². The Balaban J connectivity index is 1.35. The van der Waals surface area contributed by atoms with E-state index in [0.717, 1.165) is 61.8 Å². The summed E-state index contributed by atoms with van der Waals surface area (Å²) in [6.07, 6.45) is 4.14. The molecule has 2 aromatic heterocycles. The van der Waals surface area contributed by atoms with E-state index in [1.807, 2.05) is 6.20 Å². The first kappa shape index (κ1) is 19.8. The van der Waals surface area contributed by atoms with Crippen LogP contribution in [0.2, 0.25) is 0 Å². The third-order valence-electron chi connectivity index (χ3n) is 6.64. The van der Waals surface area contributed by atoms with Gasteiger partial charge in [-0.15, -0.1) is 0 Å². The predicted octanol–water partition coefficient (Wildman–Crippen LogP) is 0.808. The lowest BCUT2D eigenvalue weighted by Gasteiger charge is -2.34. The molecule has 5 heterocycles. The third kappa shape index (κ3) is 3.93. The third-order valence-corrected chi connectivity index (χ3v) is 6.64. The van der Waals surface area contributed by atoms with E-state index in [1.54, 1.807) is 13.1 Å². The quantitative estimate of drug-likeness (QED) is 0.506. The van der Waals surface area contributed by atoms with Crippen LogP contribution in [0.5, 0.6) is 0 Å². The summed E-state index contributed by atoms with van der Waals surface area (Å²) in [7, 11) is 0. The highest BCUT2D eigenvalue weighted by Crippen LogP contribution is 2.38. The Morgan fingerprint density at radius 3 is 2.87 bits per heavy atom. The molecule has 0 bridgehead atoms. The number of nitrogens with zero attached hydrogens (tertiary/aromatic N) is 3. The van der Waals surface area contributed by atoms with E-state index in [-0.39, 0.29) is 12.1 Å². The minimum atomic E-state index is -0.506. The molecule has 0 saturated carbocycles. The Bertz CT molecular complexity index is 870. The SMILES string of the molecule is CC(O)c1cncc(C2CC3C(CN2)NNC3c2cccc(N3CCNCC3)n2)c1. The zero-order chi connectivity index (χ0) is 20.5. The highest BCUT2D eigenvalue weighted by atomic mass is 16.3. The predicted molar refractivity (Wildman–Crippen MR) is 116 cm³/mol. The van der Waals surface area contributed by atoms with E-state index < -0.39 is 6.10 Å². The van der Waals surface area contributed by atoms with Crippen molar-refractivity contribution in [3.05, 3.63) is 53.5 Å². The fourth-order valence-corrected chi connectivity index (χ4v) is 4.90. The van der Waals surface area contributed by atoms with Crippen LogP contribution in [0.15, 0.2) is 36.7 Å². The summed E-state index contributed by atoms with van der Waals surface area (Å²) in [6.45, 7) is 6.67. The van der Waals surface area contributed by atoms with E-state index in [1.165, 1.54) is 0 Å². The van der Waals surface area contributed by atoms with Crippen molar-refractivity contribution < 1.29 is 5.11 Å². The number of hydrogen-bond donors (Lipinski definition) is 5. The van der Waals surface area contributed by atoms with Gasteiger partial charge in [0, 0.05) is 63.1 Å². The van der Waals surface area contributed by atoms with Crippen molar-refractivity contribution in [3.63, 3.8) is 0 Å². The van der Waals surface area contributed by atoms with Crippen molar-refractivity contribution in [1.82, 2.24) is 31.5 Å². The molecule has 5 atom stereocenters. The zero-order valence-corrected chi connectivity index (χ0v) is 17.4. The number of aliphatic hydroxyl groups excluding tert-OH is 1. The molecule has 3 aliphatic heterocycles. The standard InChI is InChI=1S/C22H31N7O/c1-14(30)15-9-16(12-24-11-15)19-10-17-20(13-25-19)27-28-22(17)18-3-2-4-21(26-18)29-7-5-23-6-8-29/h2-4,9,11-12,14,17,19-20,22-23,25,27-28,30H,5-8,10,13H2,1H3. The molecule has 5 rings (SSSR count). The van der Waals surface area contributed by atoms with Crippen LogP contribution in [-0.2, 0) is 0 Å². The Kier molecular flexibility index (Phi) is 5.66. The van der Waals surface area contributed by atoms with Gasteiger partial charge in [-0.1, -0.05) is 6.07 Å². The van der Waals surface area contributed by atoms with Crippen LogP contribution < -0.4 is 26.4 Å². The minimum Gasteiger partial charge on any atom is -0.389 e. The molecular weight excluding hydrogens is 378 g/mol. The van der Waals surface area contributed by atoms with Gasteiger partial charge in [-0.05, 0) is 42.7 Å². The molecule has 0 spiro atoms. The number of fused-ring (bicyclic) bond motifs is 1. The molecule has 0 aliphatic carbocycles. The zero-order valence-electron chi connectivity index (χ0n) is 17.4. The molecule has 160 valence electrons. The van der Waals surface area contributed by atoms with Crippen LogP contribution in [0.1, 0.15) is 48.4 Å². The number of aliphatic hydroxyl groups is 1. The lowest BCUT2D eigenvalue weighted by molar-refractivity contribution is 0.198. The summed E-state index contributed by atoms with van der Waals surface area (Å²) in [5.74, 6) is 1.50. The van der Waals surface area contributed by atoms with Gasteiger partial charge in [0.2, 0.25) is 0 Å². The van der Waals surface area contributed by atoms with Crippen molar-refractivity contribution in [2.24, 2.45) is 5.92 Å². The molecule has 0 aromatic carbocycles. The summed E-state index contributed by atoms with van der Waals surface area (Å²) in [6, 6.07) is 9.22. The largest absolute Gasteiger partial charge is 0.389 e. The highest BCUT2D eigenvalue weighted by molar-refractivity contribution is 5.40. The lowest BCUT2D eigenvalue weighted by Crippen LogP contribution is -2.46. The van der Waals surface area contributed by atoms with Gasteiger partial charge in [0.25, 0.3) is 0 Å². The maximum absolute atomic E-state index is 9.92. The summed E-state index contributed by atoms with van der Waals surface area (Å²) in [5.41, 5.74) is 10.1. The number of nitrogens with one attached hydrogen (secondary N) is 4. The van der Waals surface area contributed by atoms with E-state index in [4.69, 9.17) is 4.98 Å². The maximum Gasteiger partial charge on any atom is 0.128 e. The first-order valence-corrected chi connectivity index (χ1v) is 11.0. The van der Waals surface area contributed by atoms with Crippen LogP contribution in [0.4, 0.5) is 5.82 Å². The van der Waals surface area contributed by atoms with Gasteiger partial charge < -0.3 is 20.6 Å². The second kappa shape index (κ2) is 8.56. The Morgan fingerprint density at radius 1 is 1.17 bits per heavy atom. The van der Waals surface area contributed by atoms with Gasteiger partial charge in [-0.3, -0.25) is 10.4 Å². The fourth-order valence-electron chi connectivity index (χ4n) is 4.90. The summed E-state index contributed by atoms with van der Waals surface area (Å²) < 4.78 is 0.